The zero-order valence-corrected chi connectivity index (χ0v) is 12.3. The highest BCUT2D eigenvalue weighted by Gasteiger charge is 2.12. The van der Waals surface area contributed by atoms with Crippen LogP contribution in [-0.2, 0) is 4.79 Å². The van der Waals surface area contributed by atoms with Gasteiger partial charge in [-0.3, -0.25) is 4.79 Å². The molecule has 0 bridgehead atoms. The molecule has 0 radical (unpaired) electrons. The Morgan fingerprint density at radius 2 is 2.11 bits per heavy atom. The second-order valence-electron chi connectivity index (χ2n) is 4.03. The van der Waals surface area contributed by atoms with Crippen LogP contribution in [0.4, 0.5) is 10.5 Å². The van der Waals surface area contributed by atoms with Gasteiger partial charge in [0.25, 0.3) is 0 Å². The van der Waals surface area contributed by atoms with Gasteiger partial charge in [0.1, 0.15) is 0 Å². The SMILES string of the molecule is Cc1ccc(I)cc1NC(=O)NCC(C)C(=O)O. The summed E-state index contributed by atoms with van der Waals surface area (Å²) in [7, 11) is 0. The van der Waals surface area contributed by atoms with Crippen LogP contribution in [-0.4, -0.2) is 23.7 Å². The van der Waals surface area contributed by atoms with Crippen molar-refractivity contribution in [1.29, 1.82) is 0 Å². The maximum Gasteiger partial charge on any atom is 0.319 e. The van der Waals surface area contributed by atoms with Gasteiger partial charge in [-0.2, -0.15) is 0 Å². The number of hydrogen-bond acceptors (Lipinski definition) is 2. The molecule has 5 nitrogen and oxygen atoms in total. The molecule has 1 aromatic carbocycles. The number of carboxylic acid groups (broad SMARTS) is 1. The van der Waals surface area contributed by atoms with Gasteiger partial charge in [-0.1, -0.05) is 13.0 Å². The van der Waals surface area contributed by atoms with Gasteiger partial charge < -0.3 is 15.7 Å². The minimum Gasteiger partial charge on any atom is -0.481 e. The van der Waals surface area contributed by atoms with Crippen molar-refractivity contribution in [1.82, 2.24) is 5.32 Å². The molecule has 0 aliphatic carbocycles. The zero-order chi connectivity index (χ0) is 13.7. The first kappa shape index (κ1) is 14.7. The second kappa shape index (κ2) is 6.58. The minimum absolute atomic E-state index is 0.101. The summed E-state index contributed by atoms with van der Waals surface area (Å²) in [6.07, 6.45) is 0. The predicted molar refractivity (Wildman–Crippen MR) is 77.7 cm³/mol. The Morgan fingerprint density at radius 1 is 1.44 bits per heavy atom. The number of urea groups is 1. The van der Waals surface area contributed by atoms with Crippen molar-refractivity contribution in [2.75, 3.05) is 11.9 Å². The van der Waals surface area contributed by atoms with E-state index in [0.29, 0.717) is 0 Å². The van der Waals surface area contributed by atoms with Gasteiger partial charge in [-0.15, -0.1) is 0 Å². The van der Waals surface area contributed by atoms with Gasteiger partial charge in [0.05, 0.1) is 5.92 Å². The summed E-state index contributed by atoms with van der Waals surface area (Å²) in [4.78, 5) is 22.2. The van der Waals surface area contributed by atoms with Crippen LogP contribution >= 0.6 is 22.6 Å². The van der Waals surface area contributed by atoms with Crippen LogP contribution in [0.3, 0.4) is 0 Å². The number of anilines is 1. The number of carboxylic acids is 1. The third kappa shape index (κ3) is 4.52. The van der Waals surface area contributed by atoms with Crippen molar-refractivity contribution in [3.63, 3.8) is 0 Å². The van der Waals surface area contributed by atoms with Crippen molar-refractivity contribution in [3.8, 4) is 0 Å². The summed E-state index contributed by atoms with van der Waals surface area (Å²) in [6, 6.07) is 5.33. The number of nitrogens with one attached hydrogen (secondary N) is 2. The minimum atomic E-state index is -0.930. The lowest BCUT2D eigenvalue weighted by molar-refractivity contribution is -0.140. The molecular formula is C12H15IN2O3. The van der Waals surface area contributed by atoms with Crippen molar-refractivity contribution in [2.45, 2.75) is 13.8 Å². The Labute approximate surface area is 119 Å². The number of hydrogen-bond donors (Lipinski definition) is 3. The molecular weight excluding hydrogens is 347 g/mol. The second-order valence-corrected chi connectivity index (χ2v) is 5.28. The Balaban J connectivity index is 2.54. The van der Waals surface area contributed by atoms with E-state index in [2.05, 4.69) is 33.2 Å². The number of rotatable bonds is 4. The van der Waals surface area contributed by atoms with Crippen LogP contribution in [0.25, 0.3) is 0 Å². The Kier molecular flexibility index (Phi) is 5.39. The van der Waals surface area contributed by atoms with Gasteiger partial charge >= 0.3 is 12.0 Å². The summed E-state index contributed by atoms with van der Waals surface area (Å²) in [5.41, 5.74) is 1.68. The highest BCUT2D eigenvalue weighted by atomic mass is 127. The van der Waals surface area contributed by atoms with Crippen LogP contribution in [0.5, 0.6) is 0 Å². The maximum atomic E-state index is 11.6. The fraction of sp³-hybridized carbons (Fsp3) is 0.333. The number of carbonyl (C=O) groups is 2. The van der Waals surface area contributed by atoms with Crippen molar-refractivity contribution in [2.24, 2.45) is 5.92 Å². The maximum absolute atomic E-state index is 11.6. The highest BCUT2D eigenvalue weighted by Crippen LogP contribution is 2.17. The molecule has 1 rings (SSSR count). The lowest BCUT2D eigenvalue weighted by Gasteiger charge is -2.11. The summed E-state index contributed by atoms with van der Waals surface area (Å²) in [5, 5.41) is 13.9. The van der Waals surface area contributed by atoms with Gasteiger partial charge in [0, 0.05) is 15.8 Å². The molecule has 3 N–H and O–H groups in total. The highest BCUT2D eigenvalue weighted by molar-refractivity contribution is 14.1. The van der Waals surface area contributed by atoms with E-state index in [4.69, 9.17) is 5.11 Å². The molecule has 1 aromatic rings. The predicted octanol–water partition coefficient (Wildman–Crippen LogP) is 2.44. The average Bonchev–Trinajstić information content (AvgIpc) is 2.30. The number of amides is 2. The number of benzene rings is 1. The van der Waals surface area contributed by atoms with E-state index in [1.807, 2.05) is 25.1 Å². The zero-order valence-electron chi connectivity index (χ0n) is 10.2. The first-order valence-electron chi connectivity index (χ1n) is 5.44. The molecule has 0 saturated heterocycles. The Hall–Kier alpha value is -1.31. The van der Waals surface area contributed by atoms with Crippen LogP contribution < -0.4 is 10.6 Å². The molecule has 0 spiro atoms. The number of carbonyl (C=O) groups excluding carboxylic acids is 1. The van der Waals surface area contributed by atoms with Crippen LogP contribution in [0.2, 0.25) is 0 Å². The standard InChI is InChI=1S/C12H15IN2O3/c1-7-3-4-9(13)5-10(7)15-12(18)14-6-8(2)11(16)17/h3-5,8H,6H2,1-2H3,(H,16,17)(H2,14,15,18). The topological polar surface area (TPSA) is 78.4 Å². The quantitative estimate of drug-likeness (QED) is 0.720. The Bertz CT molecular complexity index is 463. The third-order valence-corrected chi connectivity index (χ3v) is 3.11. The monoisotopic (exact) mass is 362 g/mol. The molecule has 0 fully saturated rings. The van der Waals surface area contributed by atoms with Gasteiger partial charge in [-0.25, -0.2) is 4.79 Å². The fourth-order valence-corrected chi connectivity index (χ4v) is 1.72. The van der Waals surface area contributed by atoms with E-state index < -0.39 is 17.9 Å². The van der Waals surface area contributed by atoms with Crippen LogP contribution in [0.15, 0.2) is 18.2 Å². The van der Waals surface area contributed by atoms with E-state index in [0.717, 1.165) is 14.8 Å². The molecule has 0 aromatic heterocycles. The Morgan fingerprint density at radius 3 is 2.72 bits per heavy atom. The smallest absolute Gasteiger partial charge is 0.319 e. The number of halogens is 1. The van der Waals surface area contributed by atoms with Gasteiger partial charge in [-0.05, 0) is 47.2 Å². The van der Waals surface area contributed by atoms with Crippen LogP contribution in [0, 0.1) is 16.4 Å². The summed E-state index contributed by atoms with van der Waals surface area (Å²) in [5.74, 6) is -1.53. The van der Waals surface area contributed by atoms with Crippen LogP contribution in [0.1, 0.15) is 12.5 Å². The molecule has 0 aliphatic rings. The van der Waals surface area contributed by atoms with E-state index in [9.17, 15) is 9.59 Å². The molecule has 0 saturated carbocycles. The first-order valence-corrected chi connectivity index (χ1v) is 6.52. The molecule has 2 amide bonds. The fourth-order valence-electron chi connectivity index (χ4n) is 1.23. The normalized spacial score (nSPS) is 11.7. The lowest BCUT2D eigenvalue weighted by Crippen LogP contribution is -2.34. The van der Waals surface area contributed by atoms with Crippen molar-refractivity contribution < 1.29 is 14.7 Å². The van der Waals surface area contributed by atoms with Crippen molar-refractivity contribution >= 4 is 40.3 Å². The number of aryl methyl sites for hydroxylation is 1. The molecule has 1 atom stereocenters. The third-order valence-electron chi connectivity index (χ3n) is 2.44. The molecule has 18 heavy (non-hydrogen) atoms. The van der Waals surface area contributed by atoms with E-state index >= 15 is 0 Å². The molecule has 0 aliphatic heterocycles. The molecule has 0 heterocycles. The lowest BCUT2D eigenvalue weighted by atomic mass is 10.2. The van der Waals surface area contributed by atoms with E-state index in [-0.39, 0.29) is 6.54 Å². The molecule has 6 heteroatoms. The molecule has 98 valence electrons. The number of aliphatic carboxylic acids is 1. The van der Waals surface area contributed by atoms with Crippen molar-refractivity contribution in [3.05, 3.63) is 27.3 Å². The summed E-state index contributed by atoms with van der Waals surface area (Å²) < 4.78 is 1.02. The van der Waals surface area contributed by atoms with Gasteiger partial charge in [0.2, 0.25) is 0 Å². The largest absolute Gasteiger partial charge is 0.481 e. The van der Waals surface area contributed by atoms with Gasteiger partial charge in [0.15, 0.2) is 0 Å². The molecule has 1 unspecified atom stereocenters. The summed E-state index contributed by atoms with van der Waals surface area (Å²) >= 11 is 2.16. The van der Waals surface area contributed by atoms with E-state index in [1.54, 1.807) is 6.92 Å². The average molecular weight is 362 g/mol. The summed E-state index contributed by atoms with van der Waals surface area (Å²) in [6.45, 7) is 3.54. The van der Waals surface area contributed by atoms with E-state index in [1.165, 1.54) is 0 Å². The first-order chi connectivity index (χ1) is 8.40.